The molecule has 0 bridgehead atoms. The third-order valence-corrected chi connectivity index (χ3v) is 3.44. The number of hydrogen-bond donors (Lipinski definition) is 3. The average molecular weight is 356 g/mol. The van der Waals surface area contributed by atoms with Crippen LogP contribution in [-0.2, 0) is 4.79 Å². The van der Waals surface area contributed by atoms with Crippen LogP contribution < -0.4 is 16.4 Å². The van der Waals surface area contributed by atoms with Gasteiger partial charge >= 0.3 is 0 Å². The molecule has 0 spiro atoms. The lowest BCUT2D eigenvalue weighted by molar-refractivity contribution is -0.114. The largest absolute Gasteiger partial charge is 0.375 e. The van der Waals surface area contributed by atoms with E-state index in [2.05, 4.69) is 10.6 Å². The van der Waals surface area contributed by atoms with E-state index in [1.165, 1.54) is 18.2 Å². The molecule has 0 saturated carbocycles. The number of nitrogens with two attached hydrogens (primary N) is 1. The second-order valence-corrected chi connectivity index (χ2v) is 5.42. The number of primary amides is 1. The van der Waals surface area contributed by atoms with Gasteiger partial charge in [0.25, 0.3) is 5.91 Å². The maximum Gasteiger partial charge on any atom is 0.250 e. The Morgan fingerprint density at radius 3 is 2.43 bits per heavy atom. The van der Waals surface area contributed by atoms with Crippen molar-refractivity contribution in [2.24, 2.45) is 5.73 Å². The summed E-state index contributed by atoms with van der Waals surface area (Å²) < 4.78 is 12.9. The topological polar surface area (TPSA) is 84.2 Å². The first-order valence-electron chi connectivity index (χ1n) is 6.45. The van der Waals surface area contributed by atoms with Gasteiger partial charge in [0.15, 0.2) is 0 Å². The summed E-state index contributed by atoms with van der Waals surface area (Å²) in [5, 5.41) is 5.75. The molecule has 0 aliphatic carbocycles. The minimum absolute atomic E-state index is 0.0858. The average Bonchev–Trinajstić information content (AvgIpc) is 2.48. The van der Waals surface area contributed by atoms with Crippen molar-refractivity contribution < 1.29 is 14.0 Å². The molecule has 0 heterocycles. The van der Waals surface area contributed by atoms with Crippen molar-refractivity contribution in [3.8, 4) is 0 Å². The lowest BCUT2D eigenvalue weighted by Crippen LogP contribution is -2.23. The molecule has 2 aromatic carbocycles. The number of nitrogens with one attached hydrogen (secondary N) is 2. The molecule has 23 heavy (non-hydrogen) atoms. The summed E-state index contributed by atoms with van der Waals surface area (Å²) in [4.78, 5) is 23.3. The SMILES string of the molecule is NC(=O)c1cc(Cl)ccc1NCC(=O)Nc1ccc(F)cc1Cl. The lowest BCUT2D eigenvalue weighted by atomic mass is 10.1. The number of benzene rings is 2. The van der Waals surface area contributed by atoms with Crippen LogP contribution in [0.15, 0.2) is 36.4 Å². The summed E-state index contributed by atoms with van der Waals surface area (Å²) in [5.41, 5.74) is 6.09. The van der Waals surface area contributed by atoms with Gasteiger partial charge in [-0.25, -0.2) is 4.39 Å². The molecule has 5 nitrogen and oxygen atoms in total. The molecule has 0 aliphatic rings. The summed E-state index contributed by atoms with van der Waals surface area (Å²) in [7, 11) is 0. The van der Waals surface area contributed by atoms with Gasteiger partial charge in [-0.05, 0) is 36.4 Å². The van der Waals surface area contributed by atoms with Gasteiger partial charge in [-0.2, -0.15) is 0 Å². The van der Waals surface area contributed by atoms with Crippen LogP contribution in [0.5, 0.6) is 0 Å². The minimum Gasteiger partial charge on any atom is -0.375 e. The van der Waals surface area contributed by atoms with E-state index in [1.54, 1.807) is 12.1 Å². The molecule has 120 valence electrons. The first-order chi connectivity index (χ1) is 10.9. The van der Waals surface area contributed by atoms with Crippen LogP contribution in [0.4, 0.5) is 15.8 Å². The highest BCUT2D eigenvalue weighted by Gasteiger charge is 2.11. The van der Waals surface area contributed by atoms with E-state index < -0.39 is 17.6 Å². The molecule has 0 atom stereocenters. The lowest BCUT2D eigenvalue weighted by Gasteiger charge is -2.11. The van der Waals surface area contributed by atoms with Gasteiger partial charge in [0.2, 0.25) is 5.91 Å². The van der Waals surface area contributed by atoms with Crippen molar-refractivity contribution in [3.63, 3.8) is 0 Å². The number of carbonyl (C=O) groups is 2. The normalized spacial score (nSPS) is 10.2. The van der Waals surface area contributed by atoms with Crippen LogP contribution in [0, 0.1) is 5.82 Å². The van der Waals surface area contributed by atoms with E-state index in [0.29, 0.717) is 10.7 Å². The van der Waals surface area contributed by atoms with Crippen molar-refractivity contribution in [2.75, 3.05) is 17.2 Å². The Hall–Kier alpha value is -2.31. The maximum atomic E-state index is 12.9. The second kappa shape index (κ2) is 7.30. The number of anilines is 2. The van der Waals surface area contributed by atoms with Crippen molar-refractivity contribution >= 4 is 46.4 Å². The van der Waals surface area contributed by atoms with Crippen molar-refractivity contribution in [1.29, 1.82) is 0 Å². The fourth-order valence-electron chi connectivity index (χ4n) is 1.84. The highest BCUT2D eigenvalue weighted by molar-refractivity contribution is 6.33. The van der Waals surface area contributed by atoms with E-state index in [9.17, 15) is 14.0 Å². The Labute approximate surface area is 141 Å². The van der Waals surface area contributed by atoms with Gasteiger partial charge < -0.3 is 16.4 Å². The predicted octanol–water partition coefficient (Wildman–Crippen LogP) is 3.28. The van der Waals surface area contributed by atoms with E-state index in [1.807, 2.05) is 0 Å². The minimum atomic E-state index is -0.669. The first-order valence-corrected chi connectivity index (χ1v) is 7.20. The zero-order valence-corrected chi connectivity index (χ0v) is 13.2. The number of amides is 2. The first kappa shape index (κ1) is 17.1. The van der Waals surface area contributed by atoms with Gasteiger partial charge in [-0.15, -0.1) is 0 Å². The zero-order chi connectivity index (χ0) is 17.0. The molecule has 4 N–H and O–H groups in total. The van der Waals surface area contributed by atoms with Gasteiger partial charge in [0, 0.05) is 10.7 Å². The molecule has 8 heteroatoms. The Balaban J connectivity index is 2.03. The molecule has 0 saturated heterocycles. The quantitative estimate of drug-likeness (QED) is 0.769. The number of rotatable bonds is 5. The molecule has 2 aromatic rings. The van der Waals surface area contributed by atoms with E-state index in [4.69, 9.17) is 28.9 Å². The van der Waals surface area contributed by atoms with Gasteiger partial charge in [-0.1, -0.05) is 23.2 Å². The van der Waals surface area contributed by atoms with E-state index >= 15 is 0 Å². The molecular weight excluding hydrogens is 344 g/mol. The summed E-state index contributed by atoms with van der Waals surface area (Å²) in [6.07, 6.45) is 0. The van der Waals surface area contributed by atoms with Crippen LogP contribution in [0.3, 0.4) is 0 Å². The van der Waals surface area contributed by atoms with Crippen molar-refractivity contribution in [2.45, 2.75) is 0 Å². The summed E-state index contributed by atoms with van der Waals surface area (Å²) in [5.74, 6) is -1.60. The number of hydrogen-bond acceptors (Lipinski definition) is 3. The molecule has 0 radical (unpaired) electrons. The Morgan fingerprint density at radius 2 is 1.78 bits per heavy atom. The number of carbonyl (C=O) groups excluding carboxylic acids is 2. The van der Waals surface area contributed by atoms with Gasteiger partial charge in [0.05, 0.1) is 22.8 Å². The highest BCUT2D eigenvalue weighted by atomic mass is 35.5. The molecule has 2 amide bonds. The van der Waals surface area contributed by atoms with E-state index in [-0.39, 0.29) is 22.8 Å². The molecule has 0 fully saturated rings. The van der Waals surface area contributed by atoms with E-state index in [0.717, 1.165) is 6.07 Å². The smallest absolute Gasteiger partial charge is 0.250 e. The molecule has 0 aromatic heterocycles. The monoisotopic (exact) mass is 355 g/mol. The zero-order valence-electron chi connectivity index (χ0n) is 11.7. The molecular formula is C15H12Cl2FN3O2. The van der Waals surface area contributed by atoms with Gasteiger partial charge in [-0.3, -0.25) is 9.59 Å². The van der Waals surface area contributed by atoms with Crippen LogP contribution in [0.1, 0.15) is 10.4 Å². The van der Waals surface area contributed by atoms with Crippen LogP contribution >= 0.6 is 23.2 Å². The fourth-order valence-corrected chi connectivity index (χ4v) is 2.22. The number of halogens is 3. The summed E-state index contributed by atoms with van der Waals surface area (Å²) in [6.45, 7) is -0.143. The van der Waals surface area contributed by atoms with Crippen LogP contribution in [0.2, 0.25) is 10.0 Å². The van der Waals surface area contributed by atoms with Crippen LogP contribution in [0.25, 0.3) is 0 Å². The van der Waals surface area contributed by atoms with Crippen molar-refractivity contribution in [3.05, 3.63) is 57.8 Å². The van der Waals surface area contributed by atoms with Crippen molar-refractivity contribution in [1.82, 2.24) is 0 Å². The van der Waals surface area contributed by atoms with Gasteiger partial charge in [0.1, 0.15) is 5.82 Å². The van der Waals surface area contributed by atoms with Crippen LogP contribution in [-0.4, -0.2) is 18.4 Å². The fraction of sp³-hybridized carbons (Fsp3) is 0.0667. The Bertz CT molecular complexity index is 768. The maximum absolute atomic E-state index is 12.9. The Morgan fingerprint density at radius 1 is 1.09 bits per heavy atom. The standard InChI is InChI=1S/C15H12Cl2FN3O2/c16-8-1-3-12(10(5-8)15(19)23)20-7-14(22)21-13-4-2-9(18)6-11(13)17/h1-6,20H,7H2,(H2,19,23)(H,21,22). The summed E-state index contributed by atoms with van der Waals surface area (Å²) >= 11 is 11.6. The third-order valence-electron chi connectivity index (χ3n) is 2.89. The molecule has 0 unspecified atom stereocenters. The third kappa shape index (κ3) is 4.58. The molecule has 2 rings (SSSR count). The molecule has 0 aliphatic heterocycles. The highest BCUT2D eigenvalue weighted by Crippen LogP contribution is 2.23. The Kier molecular flexibility index (Phi) is 5.41. The predicted molar refractivity (Wildman–Crippen MR) is 88.5 cm³/mol. The second-order valence-electron chi connectivity index (χ2n) is 4.58. The summed E-state index contributed by atoms with van der Waals surface area (Å²) in [6, 6.07) is 8.13.